The van der Waals surface area contributed by atoms with Gasteiger partial charge in [-0.3, -0.25) is 19.3 Å². The minimum absolute atomic E-state index is 0. The van der Waals surface area contributed by atoms with Crippen molar-refractivity contribution >= 4 is 17.7 Å². The quantitative estimate of drug-likeness (QED) is 0.334. The molecule has 0 aromatic heterocycles. The third-order valence-corrected chi connectivity index (χ3v) is 7.64. The van der Waals surface area contributed by atoms with Crippen molar-refractivity contribution < 1.29 is 24.8 Å². The van der Waals surface area contributed by atoms with Gasteiger partial charge in [-0.1, -0.05) is 42.0 Å². The van der Waals surface area contributed by atoms with Crippen molar-refractivity contribution in [3.63, 3.8) is 0 Å². The lowest BCUT2D eigenvalue weighted by Crippen LogP contribution is -2.62. The predicted octanol–water partition coefficient (Wildman–Crippen LogP) is 6.41. The van der Waals surface area contributed by atoms with E-state index in [0.29, 0.717) is 25.8 Å². The summed E-state index contributed by atoms with van der Waals surface area (Å²) in [5.41, 5.74) is -1.27. The molecule has 3 aliphatic rings. The average molecular weight is 573 g/mol. The van der Waals surface area contributed by atoms with Crippen molar-refractivity contribution in [3.05, 3.63) is 0 Å². The van der Waals surface area contributed by atoms with Gasteiger partial charge < -0.3 is 15.7 Å². The molecular formula is C31H64N4O5. The fraction of sp³-hybridized carbons (Fsp3) is 0.903. The molecule has 0 saturated carbocycles. The SMILES string of the molecule is C.CC.CC.CC1(C)CC(CN2C(=O)CCC2=O)CC(C)(C)N1O.CCC(=O)NC1CC(C)(C)N(O)C(C)(C)C1. The number of carbonyl (C=O) groups excluding carboxylic acids is 3. The number of hydroxylamine groups is 4. The van der Waals surface area contributed by atoms with E-state index in [2.05, 4.69) is 5.32 Å². The van der Waals surface area contributed by atoms with Gasteiger partial charge in [0.15, 0.2) is 0 Å². The summed E-state index contributed by atoms with van der Waals surface area (Å²) in [5, 5.41) is 26.2. The summed E-state index contributed by atoms with van der Waals surface area (Å²) in [7, 11) is 0. The molecule has 238 valence electrons. The number of rotatable bonds is 4. The van der Waals surface area contributed by atoms with Crippen LogP contribution in [0.15, 0.2) is 0 Å². The molecule has 40 heavy (non-hydrogen) atoms. The zero-order chi connectivity index (χ0) is 31.0. The molecule has 0 aliphatic carbocycles. The number of piperidine rings is 2. The van der Waals surface area contributed by atoms with E-state index in [4.69, 9.17) is 0 Å². The number of amides is 3. The van der Waals surface area contributed by atoms with E-state index < -0.39 is 0 Å². The van der Waals surface area contributed by atoms with Crippen LogP contribution in [0.4, 0.5) is 0 Å². The maximum Gasteiger partial charge on any atom is 0.229 e. The summed E-state index contributed by atoms with van der Waals surface area (Å²) in [6.45, 7) is 26.3. The number of likely N-dealkylation sites (tertiary alicyclic amines) is 1. The Morgan fingerprint density at radius 2 is 1.07 bits per heavy atom. The van der Waals surface area contributed by atoms with Crippen LogP contribution in [-0.4, -0.2) is 77.9 Å². The molecule has 0 aromatic carbocycles. The Hall–Kier alpha value is -1.55. The highest BCUT2D eigenvalue weighted by atomic mass is 16.5. The molecule has 9 heteroatoms. The van der Waals surface area contributed by atoms with Crippen molar-refractivity contribution in [3.8, 4) is 0 Å². The molecule has 3 fully saturated rings. The number of nitrogens with zero attached hydrogens (tertiary/aromatic N) is 3. The summed E-state index contributed by atoms with van der Waals surface area (Å²) in [5.74, 6) is 0.237. The number of hydrogen-bond donors (Lipinski definition) is 3. The van der Waals surface area contributed by atoms with Gasteiger partial charge in [-0.2, -0.15) is 10.1 Å². The van der Waals surface area contributed by atoms with Gasteiger partial charge >= 0.3 is 0 Å². The van der Waals surface area contributed by atoms with Crippen molar-refractivity contribution in [1.29, 1.82) is 0 Å². The minimum Gasteiger partial charge on any atom is -0.353 e. The number of hydrogen-bond acceptors (Lipinski definition) is 7. The lowest BCUT2D eigenvalue weighted by molar-refractivity contribution is -0.251. The summed E-state index contributed by atoms with van der Waals surface area (Å²) in [4.78, 5) is 36.2. The number of carbonyl (C=O) groups is 3. The number of nitrogens with one attached hydrogen (secondary N) is 1. The second-order valence-corrected chi connectivity index (χ2v) is 13.1. The molecule has 0 spiro atoms. The minimum atomic E-state index is -0.335. The van der Waals surface area contributed by atoms with Gasteiger partial charge in [-0.25, -0.2) is 0 Å². The smallest absolute Gasteiger partial charge is 0.229 e. The summed E-state index contributed by atoms with van der Waals surface area (Å²) in [6.07, 6.45) is 4.33. The lowest BCUT2D eigenvalue weighted by atomic mass is 9.75. The Morgan fingerprint density at radius 1 is 0.750 bits per heavy atom. The van der Waals surface area contributed by atoms with Crippen molar-refractivity contribution in [2.24, 2.45) is 5.92 Å². The zero-order valence-corrected chi connectivity index (χ0v) is 27.3. The van der Waals surface area contributed by atoms with Gasteiger partial charge in [-0.15, -0.1) is 0 Å². The molecule has 9 nitrogen and oxygen atoms in total. The van der Waals surface area contributed by atoms with Gasteiger partial charge in [0.25, 0.3) is 0 Å². The first kappa shape index (κ1) is 40.6. The fourth-order valence-electron chi connectivity index (χ4n) is 6.39. The van der Waals surface area contributed by atoms with Crippen molar-refractivity contribution in [2.75, 3.05) is 6.54 Å². The topological polar surface area (TPSA) is 113 Å². The third-order valence-electron chi connectivity index (χ3n) is 7.64. The van der Waals surface area contributed by atoms with Crippen LogP contribution in [0.2, 0.25) is 0 Å². The van der Waals surface area contributed by atoms with Gasteiger partial charge in [0.05, 0.1) is 0 Å². The van der Waals surface area contributed by atoms with E-state index in [1.54, 1.807) is 0 Å². The highest BCUT2D eigenvalue weighted by molar-refractivity contribution is 6.01. The molecule has 0 unspecified atom stereocenters. The van der Waals surface area contributed by atoms with Crippen LogP contribution in [0.3, 0.4) is 0 Å². The monoisotopic (exact) mass is 572 g/mol. The van der Waals surface area contributed by atoms with Crippen LogP contribution >= 0.6 is 0 Å². The molecular weight excluding hydrogens is 508 g/mol. The van der Waals surface area contributed by atoms with Gasteiger partial charge in [0.1, 0.15) is 0 Å². The van der Waals surface area contributed by atoms with E-state index in [1.807, 2.05) is 90.0 Å². The van der Waals surface area contributed by atoms with Crippen LogP contribution < -0.4 is 5.32 Å². The second kappa shape index (κ2) is 16.2. The largest absolute Gasteiger partial charge is 0.353 e. The standard InChI is InChI=1S/C14H24N2O3.C12H24N2O2.2C2H6.CH4/c1-13(2)7-10(8-14(3,4)16(13)19)9-15-11(17)5-6-12(15)18;1-6-10(15)13-9-7-11(2,3)14(16)12(4,5)8-9;2*1-2;/h10,19H,5-9H2,1-4H3;9,16H,6-8H2,1-5H3,(H,13,15);2*1-2H3;1H4. The molecule has 3 rings (SSSR count). The summed E-state index contributed by atoms with van der Waals surface area (Å²) >= 11 is 0. The molecule has 3 aliphatic heterocycles. The van der Waals surface area contributed by atoms with Crippen molar-refractivity contribution in [2.45, 2.75) is 171 Å². The highest BCUT2D eigenvalue weighted by Crippen LogP contribution is 2.40. The Balaban J connectivity index is 0. The molecule has 0 aromatic rings. The zero-order valence-electron chi connectivity index (χ0n) is 27.3. The van der Waals surface area contributed by atoms with E-state index in [1.165, 1.54) is 15.0 Å². The normalized spacial score (nSPS) is 23.8. The molecule has 3 saturated heterocycles. The van der Waals surface area contributed by atoms with Gasteiger partial charge in [0, 0.05) is 54.0 Å². The fourth-order valence-corrected chi connectivity index (χ4v) is 6.39. The molecule has 0 bridgehead atoms. The molecule has 0 atom stereocenters. The first-order valence-electron chi connectivity index (χ1n) is 14.9. The van der Waals surface area contributed by atoms with Gasteiger partial charge in [-0.05, 0) is 87.0 Å². The Bertz CT molecular complexity index is 758. The average Bonchev–Trinajstić information content (AvgIpc) is 3.15. The number of imide groups is 1. The van der Waals surface area contributed by atoms with Crippen LogP contribution in [0.5, 0.6) is 0 Å². The molecule has 3 heterocycles. The molecule has 3 amide bonds. The maximum atomic E-state index is 11.7. The van der Waals surface area contributed by atoms with Crippen LogP contribution in [0.25, 0.3) is 0 Å². The Morgan fingerprint density at radius 3 is 1.40 bits per heavy atom. The Labute approximate surface area is 246 Å². The first-order chi connectivity index (χ1) is 17.8. The molecule has 3 N–H and O–H groups in total. The van der Waals surface area contributed by atoms with Crippen LogP contribution in [-0.2, 0) is 14.4 Å². The maximum absolute atomic E-state index is 11.7. The third kappa shape index (κ3) is 10.7. The molecule has 0 radical (unpaired) electrons. The first-order valence-corrected chi connectivity index (χ1v) is 14.9. The predicted molar refractivity (Wildman–Crippen MR) is 163 cm³/mol. The lowest BCUT2D eigenvalue weighted by Gasteiger charge is -2.51. The van der Waals surface area contributed by atoms with Crippen molar-refractivity contribution in [1.82, 2.24) is 20.3 Å². The van der Waals surface area contributed by atoms with Gasteiger partial charge in [0.2, 0.25) is 17.7 Å². The summed E-state index contributed by atoms with van der Waals surface area (Å²) in [6, 6.07) is 0.154. The second-order valence-electron chi connectivity index (χ2n) is 13.1. The van der Waals surface area contributed by atoms with Crippen LogP contribution in [0, 0.1) is 5.92 Å². The van der Waals surface area contributed by atoms with E-state index >= 15 is 0 Å². The van der Waals surface area contributed by atoms with E-state index in [9.17, 15) is 24.8 Å². The Kier molecular flexibility index (Phi) is 16.4. The summed E-state index contributed by atoms with van der Waals surface area (Å²) < 4.78 is 0. The van der Waals surface area contributed by atoms with E-state index in [0.717, 1.165) is 25.7 Å². The highest BCUT2D eigenvalue weighted by Gasteiger charge is 2.47. The van der Waals surface area contributed by atoms with E-state index in [-0.39, 0.29) is 59.3 Å². The van der Waals surface area contributed by atoms with Crippen LogP contribution in [0.1, 0.15) is 142 Å².